The third kappa shape index (κ3) is 5.71. The summed E-state index contributed by atoms with van der Waals surface area (Å²) < 4.78 is 19.1. The molecule has 0 aliphatic carbocycles. The molecule has 20 heavy (non-hydrogen) atoms. The van der Waals surface area contributed by atoms with E-state index in [1.807, 2.05) is 18.7 Å². The van der Waals surface area contributed by atoms with Crippen molar-refractivity contribution in [3.63, 3.8) is 0 Å². The number of ether oxygens (including phenoxy) is 1. The van der Waals surface area contributed by atoms with Gasteiger partial charge in [0.1, 0.15) is 11.6 Å². The topological polar surface area (TPSA) is 21.3 Å². The highest BCUT2D eigenvalue weighted by Crippen LogP contribution is 2.27. The lowest BCUT2D eigenvalue weighted by Crippen LogP contribution is -2.21. The first-order chi connectivity index (χ1) is 9.70. The van der Waals surface area contributed by atoms with Crippen molar-refractivity contribution in [2.75, 3.05) is 25.7 Å². The molecule has 114 valence electrons. The number of halogens is 1. The number of hydrogen-bond donors (Lipinski definition) is 1. The molecular weight excluding hydrogens is 273 g/mol. The van der Waals surface area contributed by atoms with Crippen LogP contribution >= 0.6 is 11.8 Å². The summed E-state index contributed by atoms with van der Waals surface area (Å²) in [6.45, 7) is 2.90. The van der Waals surface area contributed by atoms with Crippen LogP contribution in [-0.4, -0.2) is 25.7 Å². The summed E-state index contributed by atoms with van der Waals surface area (Å²) in [6, 6.07) is 4.94. The van der Waals surface area contributed by atoms with Gasteiger partial charge in [-0.05, 0) is 50.5 Å². The van der Waals surface area contributed by atoms with Crippen LogP contribution in [0.5, 0.6) is 5.75 Å². The van der Waals surface area contributed by atoms with Crippen molar-refractivity contribution in [2.45, 2.75) is 38.6 Å². The predicted octanol–water partition coefficient (Wildman–Crippen LogP) is 4.41. The molecule has 0 aliphatic rings. The van der Waals surface area contributed by atoms with E-state index in [1.165, 1.54) is 31.1 Å². The summed E-state index contributed by atoms with van der Waals surface area (Å²) in [5.74, 6) is 1.66. The Bertz CT molecular complexity index is 387. The van der Waals surface area contributed by atoms with Crippen LogP contribution in [0.4, 0.5) is 4.39 Å². The molecule has 1 aromatic carbocycles. The molecule has 1 rings (SSSR count). The fourth-order valence-corrected chi connectivity index (χ4v) is 2.75. The largest absolute Gasteiger partial charge is 0.496 e. The molecule has 0 bridgehead atoms. The van der Waals surface area contributed by atoms with Gasteiger partial charge in [0.05, 0.1) is 7.11 Å². The van der Waals surface area contributed by atoms with Gasteiger partial charge in [-0.3, -0.25) is 0 Å². The molecule has 1 atom stereocenters. The average molecular weight is 299 g/mol. The third-order valence-corrected chi connectivity index (χ3v) is 4.09. The summed E-state index contributed by atoms with van der Waals surface area (Å²) >= 11 is 1.90. The Kier molecular flexibility index (Phi) is 8.70. The first-order valence-corrected chi connectivity index (χ1v) is 8.64. The highest BCUT2D eigenvalue weighted by Gasteiger charge is 2.15. The lowest BCUT2D eigenvalue weighted by molar-refractivity contribution is 0.393. The Morgan fingerprint density at radius 2 is 2.00 bits per heavy atom. The smallest absolute Gasteiger partial charge is 0.131 e. The van der Waals surface area contributed by atoms with Gasteiger partial charge in [-0.25, -0.2) is 4.39 Å². The highest BCUT2D eigenvalue weighted by atomic mass is 32.2. The van der Waals surface area contributed by atoms with Gasteiger partial charge in [-0.15, -0.1) is 0 Å². The summed E-state index contributed by atoms with van der Waals surface area (Å²) in [5, 5.41) is 3.38. The minimum absolute atomic E-state index is 0.0302. The Hall–Kier alpha value is -0.740. The van der Waals surface area contributed by atoms with Crippen molar-refractivity contribution < 1.29 is 9.13 Å². The quantitative estimate of drug-likeness (QED) is 0.647. The second-order valence-corrected chi connectivity index (χ2v) is 5.92. The van der Waals surface area contributed by atoms with E-state index in [2.05, 4.69) is 11.6 Å². The summed E-state index contributed by atoms with van der Waals surface area (Å²) in [5.41, 5.74) is 0.623. The predicted molar refractivity (Wildman–Crippen MR) is 86.2 cm³/mol. The average Bonchev–Trinajstić information content (AvgIpc) is 2.45. The molecule has 0 amide bonds. The number of methoxy groups -OCH3 is 1. The summed E-state index contributed by atoms with van der Waals surface area (Å²) in [6.07, 6.45) is 7.08. The Balaban J connectivity index is 2.34. The number of hydrogen-bond acceptors (Lipinski definition) is 3. The molecule has 0 heterocycles. The van der Waals surface area contributed by atoms with Gasteiger partial charge < -0.3 is 10.1 Å². The normalized spacial score (nSPS) is 12.4. The van der Waals surface area contributed by atoms with Crippen LogP contribution in [0.3, 0.4) is 0 Å². The van der Waals surface area contributed by atoms with E-state index in [0.717, 1.165) is 13.0 Å². The Morgan fingerprint density at radius 3 is 2.70 bits per heavy atom. The molecule has 2 nitrogen and oxygen atoms in total. The van der Waals surface area contributed by atoms with Crippen LogP contribution in [0.25, 0.3) is 0 Å². The van der Waals surface area contributed by atoms with Crippen molar-refractivity contribution in [3.05, 3.63) is 29.6 Å². The molecule has 0 radical (unpaired) electrons. The Labute approximate surface area is 126 Å². The van der Waals surface area contributed by atoms with E-state index in [4.69, 9.17) is 4.74 Å². The molecule has 1 unspecified atom stereocenters. The molecular formula is C16H26FNOS. The third-order valence-electron chi connectivity index (χ3n) is 3.39. The first kappa shape index (κ1) is 17.3. The second-order valence-electron chi connectivity index (χ2n) is 4.94. The van der Waals surface area contributed by atoms with Crippen molar-refractivity contribution in [2.24, 2.45) is 0 Å². The zero-order valence-electron chi connectivity index (χ0n) is 12.7. The lowest BCUT2D eigenvalue weighted by Gasteiger charge is -2.18. The van der Waals surface area contributed by atoms with Crippen LogP contribution < -0.4 is 10.1 Å². The summed E-state index contributed by atoms with van der Waals surface area (Å²) in [7, 11) is 1.58. The fourth-order valence-electron chi connectivity index (χ4n) is 2.26. The van der Waals surface area contributed by atoms with Crippen LogP contribution in [-0.2, 0) is 0 Å². The number of benzene rings is 1. The van der Waals surface area contributed by atoms with Crippen molar-refractivity contribution in [3.8, 4) is 5.75 Å². The molecule has 4 heteroatoms. The fraction of sp³-hybridized carbons (Fsp3) is 0.625. The zero-order chi connectivity index (χ0) is 14.8. The molecule has 0 spiro atoms. The number of thioether (sulfide) groups is 1. The van der Waals surface area contributed by atoms with E-state index in [0.29, 0.717) is 11.3 Å². The van der Waals surface area contributed by atoms with E-state index in [-0.39, 0.29) is 11.9 Å². The highest BCUT2D eigenvalue weighted by molar-refractivity contribution is 7.98. The number of rotatable bonds is 10. The molecule has 0 fully saturated rings. The molecule has 0 saturated heterocycles. The second kappa shape index (κ2) is 10.1. The van der Waals surface area contributed by atoms with Crippen LogP contribution in [0, 0.1) is 5.82 Å². The first-order valence-electron chi connectivity index (χ1n) is 7.25. The molecule has 1 aromatic rings. The standard InChI is InChI=1S/C16H26FNOS/c1-13(18-11-6-4-5-7-12-20-3)16-14(17)9-8-10-15(16)19-2/h8-10,13,18H,4-7,11-12H2,1-3H3. The van der Waals surface area contributed by atoms with Gasteiger partial charge in [0.15, 0.2) is 0 Å². The molecule has 0 saturated carbocycles. The van der Waals surface area contributed by atoms with Gasteiger partial charge in [0, 0.05) is 11.6 Å². The Morgan fingerprint density at radius 1 is 1.25 bits per heavy atom. The van der Waals surface area contributed by atoms with E-state index in [1.54, 1.807) is 19.2 Å². The van der Waals surface area contributed by atoms with E-state index < -0.39 is 0 Å². The zero-order valence-corrected chi connectivity index (χ0v) is 13.6. The molecule has 1 N–H and O–H groups in total. The van der Waals surface area contributed by atoms with Gasteiger partial charge >= 0.3 is 0 Å². The lowest BCUT2D eigenvalue weighted by atomic mass is 10.1. The molecule has 0 aliphatic heterocycles. The van der Waals surface area contributed by atoms with Gasteiger partial charge in [0.25, 0.3) is 0 Å². The minimum atomic E-state index is -0.204. The maximum absolute atomic E-state index is 13.9. The van der Waals surface area contributed by atoms with Gasteiger partial charge in [-0.2, -0.15) is 11.8 Å². The monoisotopic (exact) mass is 299 g/mol. The van der Waals surface area contributed by atoms with Crippen LogP contribution in [0.2, 0.25) is 0 Å². The molecule has 0 aromatic heterocycles. The SMILES string of the molecule is COc1cccc(F)c1C(C)NCCCCCCSC. The maximum atomic E-state index is 13.9. The van der Waals surface area contributed by atoms with Crippen LogP contribution in [0.15, 0.2) is 18.2 Å². The minimum Gasteiger partial charge on any atom is -0.496 e. The number of nitrogens with one attached hydrogen (secondary N) is 1. The number of unbranched alkanes of at least 4 members (excludes halogenated alkanes) is 3. The van der Waals surface area contributed by atoms with Gasteiger partial charge in [-0.1, -0.05) is 18.9 Å². The van der Waals surface area contributed by atoms with Crippen molar-refractivity contribution in [1.82, 2.24) is 5.32 Å². The van der Waals surface area contributed by atoms with E-state index >= 15 is 0 Å². The van der Waals surface area contributed by atoms with Gasteiger partial charge in [0.2, 0.25) is 0 Å². The van der Waals surface area contributed by atoms with E-state index in [9.17, 15) is 4.39 Å². The summed E-state index contributed by atoms with van der Waals surface area (Å²) in [4.78, 5) is 0. The van der Waals surface area contributed by atoms with Crippen LogP contribution in [0.1, 0.15) is 44.2 Å². The van der Waals surface area contributed by atoms with Crippen molar-refractivity contribution >= 4 is 11.8 Å². The maximum Gasteiger partial charge on any atom is 0.131 e. The van der Waals surface area contributed by atoms with Crippen molar-refractivity contribution in [1.29, 1.82) is 0 Å².